The second-order valence-electron chi connectivity index (χ2n) is 12.2. The predicted octanol–water partition coefficient (Wildman–Crippen LogP) is 2.17. The van der Waals surface area contributed by atoms with Crippen molar-refractivity contribution < 1.29 is 36.5 Å². The number of rotatable bonds is 13. The Bertz CT molecular complexity index is 2080. The van der Waals surface area contributed by atoms with Crippen LogP contribution >= 0.6 is 0 Å². The smallest absolute Gasteiger partial charge is 0.331 e. The molecule has 1 N–H and O–H groups in total. The molecule has 0 radical (unpaired) electrons. The largest absolute Gasteiger partial charge is 0.471 e. The summed E-state index contributed by atoms with van der Waals surface area (Å²) in [6.45, 7) is 1.26. The Labute approximate surface area is 280 Å². The predicted molar refractivity (Wildman–Crippen MR) is 172 cm³/mol. The summed E-state index contributed by atoms with van der Waals surface area (Å²) in [6, 6.07) is 4.55. The molecule has 18 heteroatoms. The quantitative estimate of drug-likeness (QED) is 0.122. The van der Waals surface area contributed by atoms with Crippen LogP contribution in [0.2, 0.25) is 0 Å². The number of nitrogens with zero attached hydrogens (tertiary/aromatic N) is 8. The molecule has 0 spiro atoms. The van der Waals surface area contributed by atoms with Gasteiger partial charge in [0.25, 0.3) is 10.1 Å². The van der Waals surface area contributed by atoms with E-state index in [1.807, 2.05) is 23.6 Å². The molecule has 0 unspecified atom stereocenters. The lowest BCUT2D eigenvalue weighted by Crippen LogP contribution is -2.30. The highest BCUT2D eigenvalue weighted by Gasteiger charge is 2.46. The Morgan fingerprint density at radius 3 is 2.59 bits per heavy atom. The van der Waals surface area contributed by atoms with Crippen LogP contribution in [0.5, 0.6) is 11.9 Å². The van der Waals surface area contributed by atoms with Crippen molar-refractivity contribution in [3.8, 4) is 11.9 Å². The maximum Gasteiger partial charge on any atom is 0.331 e. The van der Waals surface area contributed by atoms with E-state index in [0.717, 1.165) is 35.3 Å². The molecular weight excluding hydrogens is 658 g/mol. The van der Waals surface area contributed by atoms with Gasteiger partial charge in [-0.15, -0.1) is 0 Å². The van der Waals surface area contributed by atoms with Crippen molar-refractivity contribution in [1.82, 2.24) is 34.2 Å². The van der Waals surface area contributed by atoms with Crippen molar-refractivity contribution in [2.45, 2.75) is 44.6 Å². The van der Waals surface area contributed by atoms with Gasteiger partial charge in [-0.05, 0) is 49.8 Å². The number of likely N-dealkylation sites (N-methyl/N-ethyl adjacent to an activating group) is 1. The number of carbonyl (C=O) groups excluding carboxylic acids is 3. The fourth-order valence-corrected chi connectivity index (χ4v) is 5.92. The number of imide groups is 1. The zero-order valence-corrected chi connectivity index (χ0v) is 27.7. The van der Waals surface area contributed by atoms with Gasteiger partial charge in [0, 0.05) is 49.2 Å². The third kappa shape index (κ3) is 7.29. The SMILES string of the molecule is Cc1ccnc([C@H]2C[C@@H]2C(=O)Nc2cc(OCc3cn4cc(C5CC5)cc(N5CC(=O)N(C)C5=O)c4n3)nc(OCCOS(C)(=O)=O)n2)n1. The molecule has 7 rings (SSSR count). The van der Waals surface area contributed by atoms with E-state index in [1.54, 1.807) is 18.5 Å². The number of amides is 4. The van der Waals surface area contributed by atoms with Crippen LogP contribution in [0, 0.1) is 12.8 Å². The lowest BCUT2D eigenvalue weighted by Gasteiger charge is -2.17. The van der Waals surface area contributed by atoms with Gasteiger partial charge in [-0.3, -0.25) is 23.6 Å². The third-order valence-electron chi connectivity index (χ3n) is 8.31. The third-order valence-corrected chi connectivity index (χ3v) is 8.91. The number of imidazole rings is 1. The molecule has 49 heavy (non-hydrogen) atoms. The van der Waals surface area contributed by atoms with Gasteiger partial charge in [0.05, 0.1) is 17.6 Å². The number of carbonyl (C=O) groups is 3. The highest BCUT2D eigenvalue weighted by atomic mass is 32.2. The number of urea groups is 1. The molecule has 1 saturated heterocycles. The zero-order valence-electron chi connectivity index (χ0n) is 26.9. The Kier molecular flexibility index (Phi) is 8.35. The van der Waals surface area contributed by atoms with Crippen molar-refractivity contribution in [3.05, 3.63) is 59.6 Å². The maximum atomic E-state index is 13.1. The monoisotopic (exact) mass is 691 g/mol. The van der Waals surface area contributed by atoms with Crippen LogP contribution in [0.3, 0.4) is 0 Å². The van der Waals surface area contributed by atoms with Crippen LogP contribution in [0.4, 0.5) is 16.3 Å². The molecule has 2 saturated carbocycles. The summed E-state index contributed by atoms with van der Waals surface area (Å²) in [7, 11) is -2.23. The van der Waals surface area contributed by atoms with E-state index in [2.05, 4.69) is 25.3 Å². The number of pyridine rings is 1. The van der Waals surface area contributed by atoms with E-state index in [9.17, 15) is 22.8 Å². The lowest BCUT2D eigenvalue weighted by atomic mass is 10.1. The Balaban J connectivity index is 1.10. The normalized spacial score (nSPS) is 19.1. The first-order valence-electron chi connectivity index (χ1n) is 15.6. The average molecular weight is 692 g/mol. The topological polar surface area (TPSA) is 200 Å². The number of nitrogens with one attached hydrogen (secondary N) is 1. The highest BCUT2D eigenvalue weighted by Crippen LogP contribution is 2.46. The van der Waals surface area contributed by atoms with Crippen molar-refractivity contribution >= 4 is 45.1 Å². The van der Waals surface area contributed by atoms with Crippen molar-refractivity contribution in [3.63, 3.8) is 0 Å². The van der Waals surface area contributed by atoms with Crippen molar-refractivity contribution in [2.24, 2.45) is 5.92 Å². The number of fused-ring (bicyclic) bond motifs is 1. The molecule has 2 atom stereocenters. The summed E-state index contributed by atoms with van der Waals surface area (Å²) in [5, 5.41) is 2.78. The van der Waals surface area contributed by atoms with Crippen LogP contribution in [0.15, 0.2) is 36.8 Å². The van der Waals surface area contributed by atoms with Gasteiger partial charge in [-0.25, -0.2) is 19.7 Å². The molecule has 0 bridgehead atoms. The Hall–Kier alpha value is -5.23. The Morgan fingerprint density at radius 1 is 1.06 bits per heavy atom. The van der Waals surface area contributed by atoms with E-state index in [1.165, 1.54) is 18.0 Å². The van der Waals surface area contributed by atoms with Crippen molar-refractivity contribution in [1.29, 1.82) is 0 Å². The zero-order chi connectivity index (χ0) is 34.4. The van der Waals surface area contributed by atoms with E-state index in [0.29, 0.717) is 35.2 Å². The van der Waals surface area contributed by atoms with Crippen LogP contribution in [0.25, 0.3) is 5.65 Å². The molecule has 4 aromatic heterocycles. The average Bonchev–Trinajstić information content (AvgIpc) is 3.98. The molecule has 1 aliphatic heterocycles. The first-order valence-corrected chi connectivity index (χ1v) is 17.4. The van der Waals surface area contributed by atoms with Gasteiger partial charge in [-0.2, -0.15) is 18.4 Å². The molecule has 256 valence electrons. The number of aryl methyl sites for hydroxylation is 1. The fourth-order valence-electron chi connectivity index (χ4n) is 5.55. The molecule has 17 nitrogen and oxygen atoms in total. The Morgan fingerprint density at radius 2 is 1.88 bits per heavy atom. The second kappa shape index (κ2) is 12.7. The molecular formula is C31H33N9O8S. The van der Waals surface area contributed by atoms with E-state index in [4.69, 9.17) is 18.6 Å². The number of anilines is 2. The summed E-state index contributed by atoms with van der Waals surface area (Å²) >= 11 is 0. The molecule has 4 amide bonds. The van der Waals surface area contributed by atoms with Gasteiger partial charge in [0.1, 0.15) is 38.0 Å². The molecule has 2 aliphatic carbocycles. The standard InChI is InChI=1S/C31H33N9O8S/c1-17-6-7-32-27(33-17)21-11-22(21)29(42)35-24-12-25(37-30(36-24)46-8-9-48-49(3,44)45)47-16-20-14-39-13-19(18-4-5-18)10-23(28(39)34-20)40-15-26(41)38(2)31(40)43/h6-7,10,12-14,18,21-22H,4-5,8-9,11,15-16H2,1-3H3,(H,35,36,37,42)/t21-,22-/m0/s1. The molecule has 5 heterocycles. The fraction of sp³-hybridized carbons (Fsp3) is 0.419. The van der Waals surface area contributed by atoms with E-state index < -0.39 is 16.1 Å². The van der Waals surface area contributed by atoms with Gasteiger partial charge >= 0.3 is 12.0 Å². The minimum absolute atomic E-state index is 0.0524. The lowest BCUT2D eigenvalue weighted by molar-refractivity contribution is -0.124. The molecule has 3 aliphatic rings. The van der Waals surface area contributed by atoms with Gasteiger partial charge in [0.15, 0.2) is 5.65 Å². The van der Waals surface area contributed by atoms with Crippen LogP contribution in [-0.2, 0) is 30.5 Å². The highest BCUT2D eigenvalue weighted by molar-refractivity contribution is 7.85. The van der Waals surface area contributed by atoms with Gasteiger partial charge in [-0.1, -0.05) is 0 Å². The number of hydrogen-bond donors (Lipinski definition) is 1. The molecule has 4 aromatic rings. The summed E-state index contributed by atoms with van der Waals surface area (Å²) in [6.07, 6.45) is 9.01. The van der Waals surface area contributed by atoms with E-state index >= 15 is 0 Å². The number of hydrogen-bond acceptors (Lipinski definition) is 13. The van der Waals surface area contributed by atoms with Gasteiger partial charge < -0.3 is 19.2 Å². The summed E-state index contributed by atoms with van der Waals surface area (Å²) < 4.78 is 40.8. The van der Waals surface area contributed by atoms with Crippen LogP contribution < -0.4 is 19.7 Å². The summed E-state index contributed by atoms with van der Waals surface area (Å²) in [5.74, 6) is 0.0930. The van der Waals surface area contributed by atoms with Crippen LogP contribution in [-0.4, -0.2) is 93.5 Å². The number of ether oxygens (including phenoxy) is 2. The molecule has 3 fully saturated rings. The minimum atomic E-state index is -3.68. The summed E-state index contributed by atoms with van der Waals surface area (Å²) in [4.78, 5) is 62.8. The maximum absolute atomic E-state index is 13.1. The van der Waals surface area contributed by atoms with E-state index in [-0.39, 0.29) is 67.7 Å². The van der Waals surface area contributed by atoms with Gasteiger partial charge in [0.2, 0.25) is 17.7 Å². The van der Waals surface area contributed by atoms with Crippen molar-refractivity contribution in [2.75, 3.05) is 43.3 Å². The van der Waals surface area contributed by atoms with Crippen LogP contribution in [0.1, 0.15) is 53.9 Å². The number of aromatic nitrogens is 6. The first kappa shape index (κ1) is 32.3. The first-order chi connectivity index (χ1) is 23.4. The minimum Gasteiger partial charge on any atom is -0.471 e. The summed E-state index contributed by atoms with van der Waals surface area (Å²) in [5.41, 5.74) is 3.39. The second-order valence-corrected chi connectivity index (χ2v) is 13.9. The molecule has 0 aromatic carbocycles.